The highest BCUT2D eigenvalue weighted by Gasteiger charge is 2.25. The van der Waals surface area contributed by atoms with Crippen molar-refractivity contribution < 1.29 is 4.79 Å². The van der Waals surface area contributed by atoms with Crippen LogP contribution in [0.15, 0.2) is 12.7 Å². The average molecular weight is 183 g/mol. The van der Waals surface area contributed by atoms with E-state index in [1.807, 2.05) is 13.8 Å². The fraction of sp³-hybridized carbons (Fsp3) is 0.727. The molecule has 0 unspecified atom stereocenters. The van der Waals surface area contributed by atoms with Crippen molar-refractivity contribution in [2.75, 3.05) is 0 Å². The second-order valence-electron chi connectivity index (χ2n) is 5.31. The van der Waals surface area contributed by atoms with E-state index in [-0.39, 0.29) is 16.9 Å². The molecular formula is C11H21NO. The Balaban J connectivity index is 4.24. The molecule has 2 nitrogen and oxygen atoms in total. The maximum Gasteiger partial charge on any atom is 0.243 e. The fourth-order valence-electron chi connectivity index (χ4n) is 1.75. The van der Waals surface area contributed by atoms with Crippen LogP contribution in [0.5, 0.6) is 0 Å². The van der Waals surface area contributed by atoms with Crippen LogP contribution >= 0.6 is 0 Å². The first-order valence-corrected chi connectivity index (χ1v) is 4.61. The summed E-state index contributed by atoms with van der Waals surface area (Å²) in [6.45, 7) is 14.0. The monoisotopic (exact) mass is 183 g/mol. The van der Waals surface area contributed by atoms with E-state index in [0.29, 0.717) is 0 Å². The van der Waals surface area contributed by atoms with Crippen molar-refractivity contribution in [3.05, 3.63) is 12.7 Å². The van der Waals surface area contributed by atoms with Crippen molar-refractivity contribution in [1.82, 2.24) is 5.32 Å². The number of hydrogen-bond acceptors (Lipinski definition) is 1. The standard InChI is InChI=1S/C11H21NO/c1-7-9(13)12-11(5,6)8-10(2,3)4/h7H,1,8H2,2-6H3,(H,12,13). The molecule has 0 saturated carbocycles. The van der Waals surface area contributed by atoms with Crippen molar-refractivity contribution in [1.29, 1.82) is 0 Å². The van der Waals surface area contributed by atoms with E-state index in [0.717, 1.165) is 6.42 Å². The largest absolute Gasteiger partial charge is 0.348 e. The second-order valence-corrected chi connectivity index (χ2v) is 5.31. The minimum absolute atomic E-state index is 0.103. The van der Waals surface area contributed by atoms with E-state index < -0.39 is 0 Å². The summed E-state index contributed by atoms with van der Waals surface area (Å²) < 4.78 is 0. The molecule has 0 saturated heterocycles. The number of carbonyl (C=O) groups excluding carboxylic acids is 1. The molecular weight excluding hydrogens is 162 g/mol. The van der Waals surface area contributed by atoms with Crippen molar-refractivity contribution in [2.45, 2.75) is 46.6 Å². The van der Waals surface area contributed by atoms with Crippen LogP contribution in [0.25, 0.3) is 0 Å². The van der Waals surface area contributed by atoms with Gasteiger partial charge in [-0.3, -0.25) is 4.79 Å². The van der Waals surface area contributed by atoms with Crippen molar-refractivity contribution >= 4 is 5.91 Å². The summed E-state index contributed by atoms with van der Waals surface area (Å²) in [6.07, 6.45) is 2.25. The van der Waals surface area contributed by atoms with Crippen LogP contribution in [0.1, 0.15) is 41.0 Å². The lowest BCUT2D eigenvalue weighted by Gasteiger charge is -2.32. The van der Waals surface area contributed by atoms with Crippen LogP contribution in [0.2, 0.25) is 0 Å². The molecule has 0 atom stereocenters. The molecule has 0 aromatic carbocycles. The van der Waals surface area contributed by atoms with E-state index >= 15 is 0 Å². The molecule has 2 heteroatoms. The van der Waals surface area contributed by atoms with Crippen molar-refractivity contribution in [3.8, 4) is 0 Å². The summed E-state index contributed by atoms with van der Waals surface area (Å²) >= 11 is 0. The zero-order valence-electron chi connectivity index (χ0n) is 9.40. The van der Waals surface area contributed by atoms with Gasteiger partial charge in [0.2, 0.25) is 5.91 Å². The minimum atomic E-state index is -0.163. The summed E-state index contributed by atoms with van der Waals surface area (Å²) in [6, 6.07) is 0. The Kier molecular flexibility index (Phi) is 3.71. The summed E-state index contributed by atoms with van der Waals surface area (Å²) in [5.74, 6) is -0.103. The molecule has 0 aromatic heterocycles. The zero-order valence-corrected chi connectivity index (χ0v) is 9.40. The van der Waals surface area contributed by atoms with E-state index in [1.54, 1.807) is 0 Å². The quantitative estimate of drug-likeness (QED) is 0.669. The molecule has 0 aliphatic heterocycles. The third kappa shape index (κ3) is 6.38. The number of hydrogen-bond donors (Lipinski definition) is 1. The Labute approximate surface area is 81.4 Å². The molecule has 0 aromatic rings. The fourth-order valence-corrected chi connectivity index (χ4v) is 1.75. The zero-order chi connectivity index (χ0) is 10.7. The van der Waals surface area contributed by atoms with Gasteiger partial charge >= 0.3 is 0 Å². The third-order valence-electron chi connectivity index (χ3n) is 1.62. The number of amides is 1. The van der Waals surface area contributed by atoms with E-state index in [9.17, 15) is 4.79 Å². The number of rotatable bonds is 3. The van der Waals surface area contributed by atoms with Gasteiger partial charge in [-0.25, -0.2) is 0 Å². The molecule has 0 radical (unpaired) electrons. The predicted octanol–water partition coefficient (Wildman–Crippen LogP) is 2.50. The van der Waals surface area contributed by atoms with E-state index in [4.69, 9.17) is 0 Å². The third-order valence-corrected chi connectivity index (χ3v) is 1.62. The first-order chi connectivity index (χ1) is 5.66. The van der Waals surface area contributed by atoms with Gasteiger partial charge in [-0.05, 0) is 31.8 Å². The molecule has 0 heterocycles. The van der Waals surface area contributed by atoms with Gasteiger partial charge in [0.25, 0.3) is 0 Å². The number of nitrogens with one attached hydrogen (secondary N) is 1. The first kappa shape index (κ1) is 12.2. The molecule has 0 spiro atoms. The maximum atomic E-state index is 11.1. The van der Waals surface area contributed by atoms with Gasteiger partial charge in [0.1, 0.15) is 0 Å². The molecule has 0 aliphatic rings. The molecule has 1 N–H and O–H groups in total. The molecule has 0 bridgehead atoms. The van der Waals surface area contributed by atoms with Gasteiger partial charge in [0.05, 0.1) is 0 Å². The SMILES string of the molecule is C=CC(=O)NC(C)(C)CC(C)(C)C. The molecule has 0 fully saturated rings. The van der Waals surface area contributed by atoms with Gasteiger partial charge in [0.15, 0.2) is 0 Å². The van der Waals surface area contributed by atoms with E-state index in [1.165, 1.54) is 6.08 Å². The molecule has 0 rings (SSSR count). The Bertz CT molecular complexity index is 199. The Morgan fingerprint density at radius 3 is 2.08 bits per heavy atom. The lowest BCUT2D eigenvalue weighted by molar-refractivity contribution is -0.118. The Morgan fingerprint density at radius 2 is 1.77 bits per heavy atom. The summed E-state index contributed by atoms with van der Waals surface area (Å²) in [7, 11) is 0. The highest BCUT2D eigenvalue weighted by molar-refractivity contribution is 5.87. The van der Waals surface area contributed by atoms with Crippen molar-refractivity contribution in [2.24, 2.45) is 5.41 Å². The van der Waals surface area contributed by atoms with Crippen LogP contribution in [0.3, 0.4) is 0 Å². The van der Waals surface area contributed by atoms with Crippen molar-refractivity contribution in [3.63, 3.8) is 0 Å². The maximum absolute atomic E-state index is 11.1. The smallest absolute Gasteiger partial charge is 0.243 e. The van der Waals surface area contributed by atoms with Crippen LogP contribution in [0.4, 0.5) is 0 Å². The van der Waals surface area contributed by atoms with Crippen LogP contribution in [-0.2, 0) is 4.79 Å². The molecule has 0 aliphatic carbocycles. The minimum Gasteiger partial charge on any atom is -0.348 e. The molecule has 76 valence electrons. The lowest BCUT2D eigenvalue weighted by atomic mass is 9.82. The highest BCUT2D eigenvalue weighted by Crippen LogP contribution is 2.26. The molecule has 1 amide bonds. The Morgan fingerprint density at radius 1 is 1.31 bits per heavy atom. The normalized spacial score (nSPS) is 12.4. The summed E-state index contributed by atoms with van der Waals surface area (Å²) in [4.78, 5) is 11.1. The van der Waals surface area contributed by atoms with E-state index in [2.05, 4.69) is 32.7 Å². The first-order valence-electron chi connectivity index (χ1n) is 4.61. The van der Waals surface area contributed by atoms with Crippen LogP contribution in [0, 0.1) is 5.41 Å². The van der Waals surface area contributed by atoms with Crippen LogP contribution < -0.4 is 5.32 Å². The summed E-state index contributed by atoms with van der Waals surface area (Å²) in [5.41, 5.74) is 0.0570. The summed E-state index contributed by atoms with van der Waals surface area (Å²) in [5, 5.41) is 2.91. The number of carbonyl (C=O) groups is 1. The topological polar surface area (TPSA) is 29.1 Å². The van der Waals surface area contributed by atoms with Gasteiger partial charge in [-0.1, -0.05) is 27.4 Å². The predicted molar refractivity (Wildman–Crippen MR) is 56.5 cm³/mol. The lowest BCUT2D eigenvalue weighted by Crippen LogP contribution is -2.45. The highest BCUT2D eigenvalue weighted by atomic mass is 16.1. The molecule has 13 heavy (non-hydrogen) atoms. The van der Waals surface area contributed by atoms with Crippen LogP contribution in [-0.4, -0.2) is 11.4 Å². The average Bonchev–Trinajstić information content (AvgIpc) is 1.80. The van der Waals surface area contributed by atoms with Gasteiger partial charge in [-0.2, -0.15) is 0 Å². The van der Waals surface area contributed by atoms with Gasteiger partial charge in [-0.15, -0.1) is 0 Å². The van der Waals surface area contributed by atoms with Gasteiger partial charge < -0.3 is 5.32 Å². The second kappa shape index (κ2) is 3.95. The van der Waals surface area contributed by atoms with Gasteiger partial charge in [0, 0.05) is 5.54 Å². The Hall–Kier alpha value is -0.790.